The second kappa shape index (κ2) is 6.06. The van der Waals surface area contributed by atoms with E-state index in [1.54, 1.807) is 0 Å². The number of aryl methyl sites for hydroxylation is 2. The zero-order valence-electron chi connectivity index (χ0n) is 11.6. The van der Waals surface area contributed by atoms with E-state index < -0.39 is 5.97 Å². The van der Waals surface area contributed by atoms with Crippen molar-refractivity contribution in [1.29, 1.82) is 0 Å². The third kappa shape index (κ3) is 3.47. The van der Waals surface area contributed by atoms with Crippen LogP contribution in [0, 0.1) is 13.8 Å². The number of anilines is 1. The molecule has 0 aliphatic carbocycles. The van der Waals surface area contributed by atoms with Gasteiger partial charge in [-0.25, -0.2) is 0 Å². The molecule has 19 heavy (non-hydrogen) atoms. The SMILES string of the molecule is Cc1ccc(N2CCOCC2CCC(=O)O)cc1C. The maximum atomic E-state index is 10.7. The van der Waals surface area contributed by atoms with Gasteiger partial charge in [0.2, 0.25) is 0 Å². The maximum absolute atomic E-state index is 10.7. The van der Waals surface area contributed by atoms with Crippen molar-refractivity contribution in [2.45, 2.75) is 32.7 Å². The molecule has 1 aromatic rings. The Morgan fingerprint density at radius 1 is 1.42 bits per heavy atom. The van der Waals surface area contributed by atoms with Crippen LogP contribution < -0.4 is 4.90 Å². The summed E-state index contributed by atoms with van der Waals surface area (Å²) < 4.78 is 5.49. The minimum Gasteiger partial charge on any atom is -0.481 e. The lowest BCUT2D eigenvalue weighted by Crippen LogP contribution is -2.45. The number of carbonyl (C=O) groups is 1. The van der Waals surface area contributed by atoms with Crippen LogP contribution in [0.25, 0.3) is 0 Å². The molecule has 1 saturated heterocycles. The van der Waals surface area contributed by atoms with Gasteiger partial charge in [-0.15, -0.1) is 0 Å². The minimum atomic E-state index is -0.745. The Labute approximate surface area is 114 Å². The third-order valence-electron chi connectivity index (χ3n) is 3.74. The van der Waals surface area contributed by atoms with E-state index in [1.807, 2.05) is 0 Å². The monoisotopic (exact) mass is 263 g/mol. The quantitative estimate of drug-likeness (QED) is 0.906. The number of rotatable bonds is 4. The fourth-order valence-electron chi connectivity index (χ4n) is 2.43. The predicted molar refractivity (Wildman–Crippen MR) is 74.7 cm³/mol. The molecule has 0 spiro atoms. The highest BCUT2D eigenvalue weighted by molar-refractivity contribution is 5.66. The van der Waals surface area contributed by atoms with Crippen molar-refractivity contribution < 1.29 is 14.6 Å². The Hall–Kier alpha value is -1.55. The summed E-state index contributed by atoms with van der Waals surface area (Å²) in [5.41, 5.74) is 3.71. The largest absolute Gasteiger partial charge is 0.481 e. The van der Waals surface area contributed by atoms with Gasteiger partial charge in [-0.05, 0) is 43.5 Å². The van der Waals surface area contributed by atoms with Gasteiger partial charge in [0.25, 0.3) is 0 Å². The van der Waals surface area contributed by atoms with Gasteiger partial charge in [0.05, 0.1) is 19.3 Å². The van der Waals surface area contributed by atoms with E-state index >= 15 is 0 Å². The highest BCUT2D eigenvalue weighted by atomic mass is 16.5. The first-order chi connectivity index (χ1) is 9.08. The highest BCUT2D eigenvalue weighted by Crippen LogP contribution is 2.24. The fraction of sp³-hybridized carbons (Fsp3) is 0.533. The molecule has 1 unspecified atom stereocenters. The van der Waals surface area contributed by atoms with Crippen molar-refractivity contribution in [3.8, 4) is 0 Å². The van der Waals surface area contributed by atoms with Gasteiger partial charge in [-0.1, -0.05) is 6.07 Å². The second-order valence-electron chi connectivity index (χ2n) is 5.12. The average molecular weight is 263 g/mol. The lowest BCUT2D eigenvalue weighted by atomic mass is 10.1. The van der Waals surface area contributed by atoms with Crippen LogP contribution in [0.4, 0.5) is 5.69 Å². The third-order valence-corrected chi connectivity index (χ3v) is 3.74. The van der Waals surface area contributed by atoms with Crippen molar-refractivity contribution in [2.24, 2.45) is 0 Å². The number of morpholine rings is 1. The Balaban J connectivity index is 2.13. The molecule has 0 radical (unpaired) electrons. The summed E-state index contributed by atoms with van der Waals surface area (Å²) in [5, 5.41) is 8.82. The summed E-state index contributed by atoms with van der Waals surface area (Å²) in [6, 6.07) is 6.57. The molecule has 4 heteroatoms. The van der Waals surface area contributed by atoms with Crippen LogP contribution in [0.5, 0.6) is 0 Å². The number of nitrogens with zero attached hydrogens (tertiary/aromatic N) is 1. The van der Waals surface area contributed by atoms with Gasteiger partial charge in [0.1, 0.15) is 0 Å². The van der Waals surface area contributed by atoms with E-state index in [0.29, 0.717) is 19.6 Å². The van der Waals surface area contributed by atoms with Crippen molar-refractivity contribution >= 4 is 11.7 Å². The van der Waals surface area contributed by atoms with Crippen LogP contribution in [0.1, 0.15) is 24.0 Å². The zero-order chi connectivity index (χ0) is 13.8. The van der Waals surface area contributed by atoms with Crippen LogP contribution in [-0.4, -0.2) is 36.9 Å². The molecular formula is C15H21NO3. The standard InChI is InChI=1S/C15H21NO3/c1-11-3-4-13(9-12(11)2)16-7-8-19-10-14(16)5-6-15(17)18/h3-4,9,14H,5-8,10H2,1-2H3,(H,17,18). The molecule has 0 amide bonds. The normalized spacial score (nSPS) is 19.5. The van der Waals surface area contributed by atoms with Gasteiger partial charge < -0.3 is 14.7 Å². The first-order valence-electron chi connectivity index (χ1n) is 6.71. The van der Waals surface area contributed by atoms with Gasteiger partial charge in [-0.3, -0.25) is 4.79 Å². The molecule has 1 aromatic carbocycles. The molecule has 4 nitrogen and oxygen atoms in total. The molecule has 104 valence electrons. The number of carboxylic acid groups (broad SMARTS) is 1. The van der Waals surface area contributed by atoms with Crippen molar-refractivity contribution in [2.75, 3.05) is 24.7 Å². The van der Waals surface area contributed by atoms with Crippen LogP contribution in [0.3, 0.4) is 0 Å². The summed E-state index contributed by atoms with van der Waals surface area (Å²) in [6.45, 7) is 6.34. The zero-order valence-corrected chi connectivity index (χ0v) is 11.6. The van der Waals surface area contributed by atoms with E-state index in [-0.39, 0.29) is 12.5 Å². The lowest BCUT2D eigenvalue weighted by molar-refractivity contribution is -0.137. The van der Waals surface area contributed by atoms with Gasteiger partial charge in [-0.2, -0.15) is 0 Å². The summed E-state index contributed by atoms with van der Waals surface area (Å²) >= 11 is 0. The van der Waals surface area contributed by atoms with Crippen LogP contribution >= 0.6 is 0 Å². The van der Waals surface area contributed by atoms with Crippen LogP contribution in [0.2, 0.25) is 0 Å². The number of carboxylic acids is 1. The van der Waals surface area contributed by atoms with E-state index in [0.717, 1.165) is 6.54 Å². The Morgan fingerprint density at radius 2 is 2.21 bits per heavy atom. The molecule has 1 N–H and O–H groups in total. The highest BCUT2D eigenvalue weighted by Gasteiger charge is 2.24. The van der Waals surface area contributed by atoms with E-state index in [2.05, 4.69) is 36.9 Å². The number of ether oxygens (including phenoxy) is 1. The first kappa shape index (κ1) is 13.9. The number of hydrogen-bond donors (Lipinski definition) is 1. The lowest BCUT2D eigenvalue weighted by Gasteiger charge is -2.37. The van der Waals surface area contributed by atoms with E-state index in [4.69, 9.17) is 9.84 Å². The van der Waals surface area contributed by atoms with Gasteiger partial charge >= 0.3 is 5.97 Å². The van der Waals surface area contributed by atoms with Crippen LogP contribution in [-0.2, 0) is 9.53 Å². The molecule has 1 aliphatic heterocycles. The Bertz CT molecular complexity index is 459. The number of benzene rings is 1. The van der Waals surface area contributed by atoms with Gasteiger partial charge in [0.15, 0.2) is 0 Å². The number of hydrogen-bond acceptors (Lipinski definition) is 3. The minimum absolute atomic E-state index is 0.159. The molecule has 2 rings (SSSR count). The van der Waals surface area contributed by atoms with Crippen molar-refractivity contribution in [1.82, 2.24) is 0 Å². The number of aliphatic carboxylic acids is 1. The molecule has 0 saturated carbocycles. The van der Waals surface area contributed by atoms with E-state index in [9.17, 15) is 4.79 Å². The van der Waals surface area contributed by atoms with Crippen LogP contribution in [0.15, 0.2) is 18.2 Å². The molecule has 0 bridgehead atoms. The molecule has 1 fully saturated rings. The molecule has 1 atom stereocenters. The molecule has 0 aromatic heterocycles. The summed E-state index contributed by atoms with van der Waals surface area (Å²) in [5.74, 6) is -0.745. The summed E-state index contributed by atoms with van der Waals surface area (Å²) in [4.78, 5) is 13.0. The Morgan fingerprint density at radius 3 is 2.89 bits per heavy atom. The first-order valence-corrected chi connectivity index (χ1v) is 6.71. The van der Waals surface area contributed by atoms with Gasteiger partial charge in [0, 0.05) is 18.7 Å². The average Bonchev–Trinajstić information content (AvgIpc) is 2.40. The van der Waals surface area contributed by atoms with E-state index in [1.165, 1.54) is 16.8 Å². The molecule has 1 heterocycles. The smallest absolute Gasteiger partial charge is 0.303 e. The fourth-order valence-corrected chi connectivity index (χ4v) is 2.43. The van der Waals surface area contributed by atoms with Crippen molar-refractivity contribution in [3.63, 3.8) is 0 Å². The van der Waals surface area contributed by atoms with Crippen molar-refractivity contribution in [3.05, 3.63) is 29.3 Å². The topological polar surface area (TPSA) is 49.8 Å². The Kier molecular flexibility index (Phi) is 4.43. The summed E-state index contributed by atoms with van der Waals surface area (Å²) in [7, 11) is 0. The maximum Gasteiger partial charge on any atom is 0.303 e. The summed E-state index contributed by atoms with van der Waals surface area (Å²) in [6.07, 6.45) is 0.817. The molecular weight excluding hydrogens is 242 g/mol. The molecule has 1 aliphatic rings. The second-order valence-corrected chi connectivity index (χ2v) is 5.12. The predicted octanol–water partition coefficient (Wildman–Crippen LogP) is 2.37.